The van der Waals surface area contributed by atoms with Gasteiger partial charge >= 0.3 is 0 Å². The van der Waals surface area contributed by atoms with Crippen LogP contribution in [0.25, 0.3) is 0 Å². The molecule has 0 aliphatic heterocycles. The summed E-state index contributed by atoms with van der Waals surface area (Å²) >= 11 is 0. The van der Waals surface area contributed by atoms with Crippen molar-refractivity contribution < 1.29 is 13.5 Å². The number of hydrogen-bond donors (Lipinski definition) is 1. The lowest BCUT2D eigenvalue weighted by atomic mass is 10.0. The molecule has 0 aliphatic rings. The number of hydrogen-bond acceptors (Lipinski definition) is 3. The molecule has 0 heterocycles. The van der Waals surface area contributed by atoms with Gasteiger partial charge in [0.25, 0.3) is 0 Å². The van der Waals surface area contributed by atoms with Crippen LogP contribution < -0.4 is 5.32 Å². The molecule has 1 rings (SSSR count). The minimum absolute atomic E-state index is 0.185. The Morgan fingerprint density at radius 1 is 1.30 bits per heavy atom. The summed E-state index contributed by atoms with van der Waals surface area (Å²) in [5.74, 6) is -1.55. The Balaban J connectivity index is 2.53. The molecule has 1 aromatic carbocycles. The van der Waals surface area contributed by atoms with Crippen molar-refractivity contribution in [2.45, 2.75) is 18.9 Å². The first-order valence-corrected chi connectivity index (χ1v) is 6.88. The van der Waals surface area contributed by atoms with Gasteiger partial charge in [0.05, 0.1) is 0 Å². The zero-order chi connectivity index (χ0) is 15.0. The van der Waals surface area contributed by atoms with E-state index in [4.69, 9.17) is 4.74 Å². The second-order valence-electron chi connectivity index (χ2n) is 4.92. The highest BCUT2D eigenvalue weighted by Gasteiger charge is 2.17. The normalized spacial score (nSPS) is 12.9. The van der Waals surface area contributed by atoms with Crippen molar-refractivity contribution in [2.24, 2.45) is 0 Å². The van der Waals surface area contributed by atoms with E-state index in [-0.39, 0.29) is 6.04 Å². The van der Waals surface area contributed by atoms with E-state index in [1.54, 1.807) is 26.3 Å². The quantitative estimate of drug-likeness (QED) is 0.706. The van der Waals surface area contributed by atoms with Crippen molar-refractivity contribution in [1.29, 1.82) is 0 Å². The van der Waals surface area contributed by atoms with Gasteiger partial charge in [0.2, 0.25) is 0 Å². The van der Waals surface area contributed by atoms with E-state index in [9.17, 15) is 8.78 Å². The summed E-state index contributed by atoms with van der Waals surface area (Å²) in [6, 6.07) is 4.13. The molecule has 3 nitrogen and oxygen atoms in total. The molecule has 0 spiro atoms. The molecule has 0 amide bonds. The van der Waals surface area contributed by atoms with Gasteiger partial charge in [-0.2, -0.15) is 0 Å². The number of nitrogens with one attached hydrogen (secondary N) is 1. The molecular weight excluding hydrogens is 262 g/mol. The first-order chi connectivity index (χ1) is 9.60. The van der Waals surface area contributed by atoms with Crippen molar-refractivity contribution in [3.63, 3.8) is 0 Å². The van der Waals surface area contributed by atoms with E-state index < -0.39 is 11.6 Å². The third-order valence-corrected chi connectivity index (χ3v) is 3.39. The first-order valence-electron chi connectivity index (χ1n) is 6.88. The Morgan fingerprint density at radius 3 is 2.70 bits per heavy atom. The predicted molar refractivity (Wildman–Crippen MR) is 76.8 cm³/mol. The maximum atomic E-state index is 13.8. The molecular formula is C15H24F2N2O. The smallest absolute Gasteiger partial charge is 0.163 e. The summed E-state index contributed by atoms with van der Waals surface area (Å²) in [5.41, 5.74) is 0.387. The van der Waals surface area contributed by atoms with Crippen molar-refractivity contribution in [3.8, 4) is 0 Å². The number of nitrogens with zero attached hydrogens (tertiary/aromatic N) is 1. The number of ether oxygens (including phenoxy) is 1. The molecule has 1 aromatic rings. The molecule has 0 bridgehead atoms. The van der Waals surface area contributed by atoms with Crippen LogP contribution in [0.1, 0.15) is 24.4 Å². The molecule has 0 fully saturated rings. The van der Waals surface area contributed by atoms with Crippen molar-refractivity contribution in [1.82, 2.24) is 10.2 Å². The summed E-state index contributed by atoms with van der Waals surface area (Å²) in [5, 5.41) is 3.05. The van der Waals surface area contributed by atoms with E-state index in [2.05, 4.69) is 10.2 Å². The largest absolute Gasteiger partial charge is 0.385 e. The molecule has 114 valence electrons. The van der Waals surface area contributed by atoms with E-state index in [1.165, 1.54) is 0 Å². The van der Waals surface area contributed by atoms with Gasteiger partial charge in [-0.3, -0.25) is 0 Å². The number of benzene rings is 1. The number of rotatable bonds is 9. The van der Waals surface area contributed by atoms with E-state index >= 15 is 0 Å². The van der Waals surface area contributed by atoms with Gasteiger partial charge in [-0.15, -0.1) is 0 Å². The van der Waals surface area contributed by atoms with Crippen molar-refractivity contribution in [2.75, 3.05) is 40.9 Å². The number of halogens is 2. The van der Waals surface area contributed by atoms with Crippen LogP contribution >= 0.6 is 0 Å². The van der Waals surface area contributed by atoms with E-state index in [0.717, 1.165) is 38.6 Å². The Kier molecular flexibility index (Phi) is 7.65. The van der Waals surface area contributed by atoms with E-state index in [0.29, 0.717) is 5.56 Å². The predicted octanol–water partition coefficient (Wildman–Crippen LogP) is 2.58. The third-order valence-electron chi connectivity index (χ3n) is 3.39. The Morgan fingerprint density at radius 2 is 2.05 bits per heavy atom. The lowest BCUT2D eigenvalue weighted by Gasteiger charge is -2.22. The minimum atomic E-state index is -0.795. The highest BCUT2D eigenvalue weighted by Crippen LogP contribution is 2.21. The average molecular weight is 286 g/mol. The molecule has 0 radical (unpaired) electrons. The Labute approximate surface area is 119 Å². The maximum Gasteiger partial charge on any atom is 0.163 e. The average Bonchev–Trinajstić information content (AvgIpc) is 2.44. The van der Waals surface area contributed by atoms with Gasteiger partial charge in [-0.05, 0) is 39.5 Å². The SMILES string of the molecule is CNC(CCN(C)CCCOC)c1cccc(F)c1F. The van der Waals surface area contributed by atoms with Crippen LogP contribution in [0.4, 0.5) is 8.78 Å². The summed E-state index contributed by atoms with van der Waals surface area (Å²) in [4.78, 5) is 2.17. The topological polar surface area (TPSA) is 24.5 Å². The van der Waals surface area contributed by atoms with Gasteiger partial charge in [0, 0.05) is 31.9 Å². The fourth-order valence-electron chi connectivity index (χ4n) is 2.19. The molecule has 1 atom stereocenters. The first kappa shape index (κ1) is 17.0. The van der Waals surface area contributed by atoms with Gasteiger partial charge in [-0.25, -0.2) is 8.78 Å². The second-order valence-corrected chi connectivity index (χ2v) is 4.92. The van der Waals surface area contributed by atoms with E-state index in [1.807, 2.05) is 7.05 Å². The van der Waals surface area contributed by atoms with Crippen LogP contribution in [0.5, 0.6) is 0 Å². The van der Waals surface area contributed by atoms with Crippen LogP contribution in [0.3, 0.4) is 0 Å². The maximum absolute atomic E-state index is 13.8. The van der Waals surface area contributed by atoms with Gasteiger partial charge in [0.1, 0.15) is 0 Å². The van der Waals surface area contributed by atoms with Crippen LogP contribution in [-0.4, -0.2) is 45.8 Å². The lowest BCUT2D eigenvalue weighted by molar-refractivity contribution is 0.178. The molecule has 0 aromatic heterocycles. The molecule has 5 heteroatoms. The fraction of sp³-hybridized carbons (Fsp3) is 0.600. The number of methoxy groups -OCH3 is 1. The summed E-state index contributed by atoms with van der Waals surface area (Å²) in [7, 11) is 5.47. The Hall–Kier alpha value is -1.04. The second kappa shape index (κ2) is 9.00. The molecule has 0 aliphatic carbocycles. The molecule has 0 saturated carbocycles. The van der Waals surface area contributed by atoms with Crippen LogP contribution in [0.2, 0.25) is 0 Å². The van der Waals surface area contributed by atoms with Crippen molar-refractivity contribution >= 4 is 0 Å². The molecule has 20 heavy (non-hydrogen) atoms. The summed E-state index contributed by atoms with van der Waals surface area (Å²) < 4.78 is 32.0. The van der Waals surface area contributed by atoms with Crippen molar-refractivity contribution in [3.05, 3.63) is 35.4 Å². The molecule has 1 unspecified atom stereocenters. The monoisotopic (exact) mass is 286 g/mol. The van der Waals surface area contributed by atoms with Gasteiger partial charge in [-0.1, -0.05) is 12.1 Å². The summed E-state index contributed by atoms with van der Waals surface area (Å²) in [6.07, 6.45) is 1.69. The van der Waals surface area contributed by atoms with Crippen LogP contribution in [0, 0.1) is 11.6 Å². The molecule has 1 N–H and O–H groups in total. The zero-order valence-electron chi connectivity index (χ0n) is 12.5. The lowest BCUT2D eigenvalue weighted by Crippen LogP contribution is -2.27. The standard InChI is InChI=1S/C15H24F2N2O/c1-18-14(8-10-19(2)9-5-11-20-3)12-6-4-7-13(16)15(12)17/h4,6-7,14,18H,5,8-11H2,1-3H3. The van der Waals surface area contributed by atoms with Gasteiger partial charge in [0.15, 0.2) is 11.6 Å². The molecule has 0 saturated heterocycles. The fourth-order valence-corrected chi connectivity index (χ4v) is 2.19. The summed E-state index contributed by atoms with van der Waals surface area (Å²) in [6.45, 7) is 2.47. The zero-order valence-corrected chi connectivity index (χ0v) is 12.5. The third kappa shape index (κ3) is 5.15. The van der Waals surface area contributed by atoms with Crippen LogP contribution in [-0.2, 0) is 4.74 Å². The Bertz CT molecular complexity index is 401. The van der Waals surface area contributed by atoms with Crippen LogP contribution in [0.15, 0.2) is 18.2 Å². The van der Waals surface area contributed by atoms with Gasteiger partial charge < -0.3 is 15.0 Å². The highest BCUT2D eigenvalue weighted by atomic mass is 19.2. The minimum Gasteiger partial charge on any atom is -0.385 e. The highest BCUT2D eigenvalue weighted by molar-refractivity contribution is 5.22.